The third-order valence-electron chi connectivity index (χ3n) is 3.06. The molecular weight excluding hydrogens is 316 g/mol. The Labute approximate surface area is 136 Å². The SMILES string of the molecule is CSC=CC(O)=c1[nH]c(=Cc2ccc(O)cc2)c(=O)n1CC=O. The Hall–Kier alpha value is -2.67. The second-order valence-corrected chi connectivity index (χ2v) is 5.37. The van der Waals surface area contributed by atoms with Crippen molar-refractivity contribution in [1.29, 1.82) is 0 Å². The minimum atomic E-state index is -0.413. The fourth-order valence-electron chi connectivity index (χ4n) is 1.99. The van der Waals surface area contributed by atoms with E-state index in [4.69, 9.17) is 0 Å². The Morgan fingerprint density at radius 1 is 1.35 bits per heavy atom. The summed E-state index contributed by atoms with van der Waals surface area (Å²) in [6.07, 6.45) is 5.45. The highest BCUT2D eigenvalue weighted by molar-refractivity contribution is 8.01. The zero-order chi connectivity index (χ0) is 16.8. The number of carbonyl (C=O) groups excluding carboxylic acids is 1. The van der Waals surface area contributed by atoms with Crippen LogP contribution in [0.25, 0.3) is 11.8 Å². The van der Waals surface area contributed by atoms with Gasteiger partial charge in [0.15, 0.2) is 11.2 Å². The van der Waals surface area contributed by atoms with Crippen molar-refractivity contribution >= 4 is 29.9 Å². The molecule has 1 aromatic heterocycles. The van der Waals surface area contributed by atoms with E-state index in [1.165, 1.54) is 34.5 Å². The fourth-order valence-corrected chi connectivity index (χ4v) is 2.26. The summed E-state index contributed by atoms with van der Waals surface area (Å²) in [7, 11) is 0. The number of imidazole rings is 1. The van der Waals surface area contributed by atoms with E-state index in [1.807, 2.05) is 6.26 Å². The van der Waals surface area contributed by atoms with Crippen molar-refractivity contribution in [2.45, 2.75) is 6.54 Å². The van der Waals surface area contributed by atoms with E-state index >= 15 is 0 Å². The first kappa shape index (κ1) is 16.7. The van der Waals surface area contributed by atoms with Crippen molar-refractivity contribution in [2.24, 2.45) is 0 Å². The molecule has 120 valence electrons. The molecule has 0 fully saturated rings. The Morgan fingerprint density at radius 2 is 2.04 bits per heavy atom. The van der Waals surface area contributed by atoms with Crippen LogP contribution in [0.3, 0.4) is 0 Å². The molecule has 0 aliphatic rings. The standard InChI is InChI=1S/C16H16N2O4S/c1-23-9-6-14(21)15-17-13(16(22)18(15)7-8-19)10-11-2-4-12(20)5-3-11/h2-6,8-10,17,20-21H,7H2,1H3. The number of carbonyl (C=O) groups is 1. The number of aromatic hydroxyl groups is 1. The number of nitrogens with one attached hydrogen (secondary N) is 1. The highest BCUT2D eigenvalue weighted by Crippen LogP contribution is 2.09. The number of aliphatic hydroxyl groups excluding tert-OH is 1. The van der Waals surface area contributed by atoms with Crippen molar-refractivity contribution in [2.75, 3.05) is 6.26 Å². The second-order valence-electron chi connectivity index (χ2n) is 4.63. The quantitative estimate of drug-likeness (QED) is 0.691. The van der Waals surface area contributed by atoms with E-state index in [9.17, 15) is 19.8 Å². The minimum absolute atomic E-state index is 0.126. The first-order valence-corrected chi connectivity index (χ1v) is 8.01. The van der Waals surface area contributed by atoms with Gasteiger partial charge in [-0.1, -0.05) is 12.1 Å². The number of hydrogen-bond acceptors (Lipinski definition) is 5. The van der Waals surface area contributed by atoms with Gasteiger partial charge in [-0.3, -0.25) is 9.36 Å². The lowest BCUT2D eigenvalue weighted by Gasteiger charge is -1.95. The summed E-state index contributed by atoms with van der Waals surface area (Å²) in [6.45, 7) is -0.161. The first-order valence-electron chi connectivity index (χ1n) is 6.72. The van der Waals surface area contributed by atoms with Gasteiger partial charge in [0.05, 0.1) is 6.54 Å². The molecule has 3 N–H and O–H groups in total. The second kappa shape index (κ2) is 7.55. The van der Waals surface area contributed by atoms with Crippen molar-refractivity contribution in [1.82, 2.24) is 9.55 Å². The molecule has 0 aliphatic carbocycles. The van der Waals surface area contributed by atoms with Gasteiger partial charge in [-0.05, 0) is 41.5 Å². The largest absolute Gasteiger partial charge is 0.508 e. The Balaban J connectivity index is 2.67. The van der Waals surface area contributed by atoms with Gasteiger partial charge in [0.1, 0.15) is 17.4 Å². The summed E-state index contributed by atoms with van der Waals surface area (Å²) < 4.78 is 1.17. The molecule has 0 saturated carbocycles. The number of aldehydes is 1. The van der Waals surface area contributed by atoms with Crippen molar-refractivity contribution < 1.29 is 15.0 Å². The van der Waals surface area contributed by atoms with Gasteiger partial charge in [-0.2, -0.15) is 0 Å². The van der Waals surface area contributed by atoms with Crippen molar-refractivity contribution in [3.63, 3.8) is 0 Å². The Bertz CT molecular complexity index is 892. The average molecular weight is 332 g/mol. The zero-order valence-corrected chi connectivity index (χ0v) is 13.2. The molecule has 6 nitrogen and oxygen atoms in total. The van der Waals surface area contributed by atoms with E-state index in [1.54, 1.807) is 23.6 Å². The predicted molar refractivity (Wildman–Crippen MR) is 90.7 cm³/mol. The minimum Gasteiger partial charge on any atom is -0.508 e. The van der Waals surface area contributed by atoms with E-state index in [0.717, 1.165) is 0 Å². The van der Waals surface area contributed by atoms with E-state index in [0.29, 0.717) is 11.8 Å². The number of phenols is 1. The molecule has 0 saturated heterocycles. The molecule has 0 bridgehead atoms. The van der Waals surface area contributed by atoms with Gasteiger partial charge >= 0.3 is 0 Å². The number of rotatable bonds is 5. The van der Waals surface area contributed by atoms with Crippen LogP contribution < -0.4 is 16.4 Å². The lowest BCUT2D eigenvalue weighted by molar-refractivity contribution is -0.108. The highest BCUT2D eigenvalue weighted by atomic mass is 32.2. The van der Waals surface area contributed by atoms with Crippen LogP contribution in [0.15, 0.2) is 40.5 Å². The maximum Gasteiger partial charge on any atom is 0.276 e. The monoisotopic (exact) mass is 332 g/mol. The number of benzene rings is 1. The molecule has 1 aromatic carbocycles. The smallest absolute Gasteiger partial charge is 0.276 e. The number of aliphatic hydroxyl groups is 1. The van der Waals surface area contributed by atoms with Gasteiger partial charge in [-0.25, -0.2) is 0 Å². The average Bonchev–Trinajstić information content (AvgIpc) is 2.85. The van der Waals surface area contributed by atoms with Crippen LogP contribution in [-0.4, -0.2) is 32.3 Å². The molecule has 0 amide bonds. The Kier molecular flexibility index (Phi) is 5.48. The number of H-pyrrole nitrogens is 1. The molecule has 0 aliphatic heterocycles. The predicted octanol–water partition coefficient (Wildman–Crippen LogP) is 0.453. The van der Waals surface area contributed by atoms with Crippen LogP contribution in [0.5, 0.6) is 5.75 Å². The maximum atomic E-state index is 12.4. The summed E-state index contributed by atoms with van der Waals surface area (Å²) in [5, 5.41) is 21.2. The summed E-state index contributed by atoms with van der Waals surface area (Å²) in [4.78, 5) is 26.0. The number of aromatic nitrogens is 2. The molecule has 0 spiro atoms. The lowest BCUT2D eigenvalue weighted by Crippen LogP contribution is -2.32. The van der Waals surface area contributed by atoms with Crippen LogP contribution in [0.2, 0.25) is 0 Å². The van der Waals surface area contributed by atoms with Crippen molar-refractivity contribution in [3.8, 4) is 5.75 Å². The third kappa shape index (κ3) is 3.95. The maximum absolute atomic E-state index is 12.4. The van der Waals surface area contributed by atoms with E-state index in [-0.39, 0.29) is 28.9 Å². The van der Waals surface area contributed by atoms with E-state index < -0.39 is 5.56 Å². The molecule has 23 heavy (non-hydrogen) atoms. The van der Waals surface area contributed by atoms with Crippen molar-refractivity contribution in [3.05, 3.63) is 62.5 Å². The van der Waals surface area contributed by atoms with E-state index in [2.05, 4.69) is 4.98 Å². The molecule has 1 heterocycles. The van der Waals surface area contributed by atoms with Gasteiger partial charge < -0.3 is 20.0 Å². The number of thioether (sulfide) groups is 1. The van der Waals surface area contributed by atoms with Gasteiger partial charge in [0.25, 0.3) is 5.56 Å². The van der Waals surface area contributed by atoms with Crippen LogP contribution in [0.1, 0.15) is 5.56 Å². The van der Waals surface area contributed by atoms with Crippen LogP contribution in [0, 0.1) is 0 Å². The number of aromatic amines is 1. The highest BCUT2D eigenvalue weighted by Gasteiger charge is 2.06. The number of nitrogens with zero attached hydrogens (tertiary/aromatic N) is 1. The molecule has 2 rings (SSSR count). The number of phenolic OH excluding ortho intramolecular Hbond substituents is 1. The summed E-state index contributed by atoms with van der Waals surface area (Å²) in [6, 6.07) is 6.31. The Morgan fingerprint density at radius 3 is 2.65 bits per heavy atom. The van der Waals surface area contributed by atoms with Crippen LogP contribution >= 0.6 is 11.8 Å². The molecule has 0 radical (unpaired) electrons. The summed E-state index contributed by atoms with van der Waals surface area (Å²) >= 11 is 1.40. The van der Waals surface area contributed by atoms with Gasteiger partial charge in [0, 0.05) is 0 Å². The summed E-state index contributed by atoms with van der Waals surface area (Å²) in [5.41, 5.74) is 0.451. The lowest BCUT2D eigenvalue weighted by atomic mass is 10.2. The fraction of sp³-hybridized carbons (Fsp3) is 0.125. The molecule has 0 atom stereocenters. The topological polar surface area (TPSA) is 95.3 Å². The summed E-state index contributed by atoms with van der Waals surface area (Å²) in [5.74, 6) is -0.00970. The molecule has 7 heteroatoms. The normalized spacial score (nSPS) is 13.5. The first-order chi connectivity index (χ1) is 11.1. The molecule has 2 aromatic rings. The van der Waals surface area contributed by atoms with Gasteiger partial charge in [0.2, 0.25) is 0 Å². The molecular formula is C16H16N2O4S. The van der Waals surface area contributed by atoms with Gasteiger partial charge in [-0.15, -0.1) is 11.8 Å². The zero-order valence-electron chi connectivity index (χ0n) is 12.4. The van der Waals surface area contributed by atoms with Crippen LogP contribution in [-0.2, 0) is 11.3 Å². The number of hydrogen-bond donors (Lipinski definition) is 3. The van der Waals surface area contributed by atoms with Crippen LogP contribution in [0.4, 0.5) is 0 Å². The third-order valence-corrected chi connectivity index (χ3v) is 3.47. The molecule has 0 unspecified atom stereocenters.